The minimum absolute atomic E-state index is 0.0350. The molecule has 0 bridgehead atoms. The normalized spacial score (nSPS) is 16.2. The Balaban J connectivity index is 1.55. The van der Waals surface area contributed by atoms with Crippen molar-refractivity contribution in [3.63, 3.8) is 0 Å². The molecule has 4 nitrogen and oxygen atoms in total. The lowest BCUT2D eigenvalue weighted by Gasteiger charge is -2.38. The highest BCUT2D eigenvalue weighted by Gasteiger charge is 2.33. The Bertz CT molecular complexity index is 1280. The standard InChI is InChI=1S/C27H26ClN3OS/c1-29-27(33-17-18-6-4-3-5-7-18)31-15-14-22-23-16-20(28)10-13-24(23)30-25(22)26(31)19-8-11-21(32-2)12-9-19/h3-13,16,26,30H,14-15,17H2,1-2H3/b29-27+. The monoisotopic (exact) mass is 475 g/mol. The highest BCUT2D eigenvalue weighted by atomic mass is 35.5. The molecule has 2 heterocycles. The second kappa shape index (κ2) is 9.54. The van der Waals surface area contributed by atoms with Crippen LogP contribution in [0.4, 0.5) is 0 Å². The summed E-state index contributed by atoms with van der Waals surface area (Å²) in [6, 6.07) is 25.0. The van der Waals surface area contributed by atoms with Crippen molar-refractivity contribution in [3.05, 3.63) is 100 Å². The van der Waals surface area contributed by atoms with Crippen LogP contribution in [0.5, 0.6) is 5.75 Å². The van der Waals surface area contributed by atoms with Crippen molar-refractivity contribution in [3.8, 4) is 5.75 Å². The molecule has 4 aromatic rings. The SMILES string of the molecule is C/N=C(/SCc1ccccc1)N1CCc2c([nH]c3ccc(Cl)cc23)C1c1ccc(OC)cc1. The van der Waals surface area contributed by atoms with Gasteiger partial charge in [0.25, 0.3) is 0 Å². The summed E-state index contributed by atoms with van der Waals surface area (Å²) in [7, 11) is 3.59. The van der Waals surface area contributed by atoms with Gasteiger partial charge in [0.2, 0.25) is 0 Å². The number of rotatable bonds is 4. The number of methoxy groups -OCH3 is 1. The van der Waals surface area contributed by atoms with Gasteiger partial charge in [-0.3, -0.25) is 4.99 Å². The molecule has 5 rings (SSSR count). The molecule has 1 aliphatic rings. The molecule has 168 valence electrons. The number of aliphatic imine (C=N–C) groups is 1. The zero-order valence-electron chi connectivity index (χ0n) is 18.7. The Morgan fingerprint density at radius 2 is 1.91 bits per heavy atom. The molecule has 1 N–H and O–H groups in total. The van der Waals surface area contributed by atoms with Crippen LogP contribution in [0.15, 0.2) is 77.8 Å². The number of aromatic nitrogens is 1. The minimum Gasteiger partial charge on any atom is -0.497 e. The van der Waals surface area contributed by atoms with E-state index in [1.165, 1.54) is 27.8 Å². The van der Waals surface area contributed by atoms with Gasteiger partial charge in [0.1, 0.15) is 5.75 Å². The molecule has 1 aromatic heterocycles. The number of fused-ring (bicyclic) bond motifs is 3. The first-order chi connectivity index (χ1) is 16.2. The van der Waals surface area contributed by atoms with Crippen LogP contribution in [-0.4, -0.2) is 35.8 Å². The fourth-order valence-corrected chi connectivity index (χ4v) is 5.75. The second-order valence-electron chi connectivity index (χ2n) is 8.11. The fourth-order valence-electron chi connectivity index (χ4n) is 4.60. The molecule has 0 fully saturated rings. The zero-order valence-corrected chi connectivity index (χ0v) is 20.3. The third kappa shape index (κ3) is 4.35. The number of nitrogens with one attached hydrogen (secondary N) is 1. The summed E-state index contributed by atoms with van der Waals surface area (Å²) in [5.41, 5.74) is 6.17. The molecule has 3 aromatic carbocycles. The quantitative estimate of drug-likeness (QED) is 0.264. The van der Waals surface area contributed by atoms with Gasteiger partial charge in [0.05, 0.1) is 13.2 Å². The molecule has 1 unspecified atom stereocenters. The lowest BCUT2D eigenvalue weighted by molar-refractivity contribution is 0.340. The first-order valence-corrected chi connectivity index (χ1v) is 12.4. The Labute approximate surface area is 203 Å². The number of H-pyrrole nitrogens is 1. The average molecular weight is 476 g/mol. The predicted molar refractivity (Wildman–Crippen MR) is 140 cm³/mol. The number of benzene rings is 3. The van der Waals surface area contributed by atoms with E-state index in [2.05, 4.69) is 64.5 Å². The molecule has 0 spiro atoms. The highest BCUT2D eigenvalue weighted by Crippen LogP contribution is 2.41. The van der Waals surface area contributed by atoms with E-state index < -0.39 is 0 Å². The highest BCUT2D eigenvalue weighted by molar-refractivity contribution is 8.13. The van der Waals surface area contributed by atoms with Crippen molar-refractivity contribution < 1.29 is 4.74 Å². The van der Waals surface area contributed by atoms with E-state index >= 15 is 0 Å². The second-order valence-corrected chi connectivity index (χ2v) is 9.49. The van der Waals surface area contributed by atoms with Crippen molar-refractivity contribution in [2.75, 3.05) is 20.7 Å². The predicted octanol–water partition coefficient (Wildman–Crippen LogP) is 6.70. The van der Waals surface area contributed by atoms with Gasteiger partial charge in [-0.1, -0.05) is 65.8 Å². The largest absolute Gasteiger partial charge is 0.497 e. The third-order valence-corrected chi connectivity index (χ3v) is 7.56. The van der Waals surface area contributed by atoms with Crippen LogP contribution in [0.25, 0.3) is 10.9 Å². The van der Waals surface area contributed by atoms with Crippen LogP contribution >= 0.6 is 23.4 Å². The number of aromatic amines is 1. The first-order valence-electron chi connectivity index (χ1n) is 11.0. The van der Waals surface area contributed by atoms with Crippen LogP contribution in [0.1, 0.15) is 28.4 Å². The summed E-state index contributed by atoms with van der Waals surface area (Å²) in [5.74, 6) is 1.74. The van der Waals surface area contributed by atoms with Crippen LogP contribution in [0, 0.1) is 0 Å². The molecular formula is C27H26ClN3OS. The summed E-state index contributed by atoms with van der Waals surface area (Å²) >= 11 is 8.13. The number of nitrogens with zero attached hydrogens (tertiary/aromatic N) is 2. The van der Waals surface area contributed by atoms with E-state index in [0.29, 0.717) is 0 Å². The van der Waals surface area contributed by atoms with Gasteiger partial charge in [-0.2, -0.15) is 0 Å². The van der Waals surface area contributed by atoms with E-state index in [-0.39, 0.29) is 6.04 Å². The van der Waals surface area contributed by atoms with Gasteiger partial charge in [-0.05, 0) is 53.4 Å². The van der Waals surface area contributed by atoms with Crippen LogP contribution in [0.2, 0.25) is 5.02 Å². The molecule has 6 heteroatoms. The number of halogens is 1. The summed E-state index contributed by atoms with van der Waals surface area (Å²) in [6.07, 6.45) is 0.938. The van der Waals surface area contributed by atoms with E-state index in [1.807, 2.05) is 25.2 Å². The Morgan fingerprint density at radius 3 is 2.64 bits per heavy atom. The minimum atomic E-state index is 0.0350. The Morgan fingerprint density at radius 1 is 1.12 bits per heavy atom. The van der Waals surface area contributed by atoms with Crippen molar-refractivity contribution >= 4 is 39.4 Å². The Kier molecular flexibility index (Phi) is 6.34. The fraction of sp³-hybridized carbons (Fsp3) is 0.222. The summed E-state index contributed by atoms with van der Waals surface area (Å²) in [4.78, 5) is 10.9. The van der Waals surface area contributed by atoms with Gasteiger partial charge in [-0.25, -0.2) is 0 Å². The van der Waals surface area contributed by atoms with Crippen LogP contribution in [-0.2, 0) is 12.2 Å². The average Bonchev–Trinajstić information content (AvgIpc) is 3.22. The molecule has 0 aliphatic carbocycles. The number of hydrogen-bond donors (Lipinski definition) is 1. The lowest BCUT2D eigenvalue weighted by atomic mass is 9.93. The topological polar surface area (TPSA) is 40.6 Å². The van der Waals surface area contributed by atoms with Gasteiger partial charge in [0, 0.05) is 41.0 Å². The third-order valence-electron chi connectivity index (χ3n) is 6.17. The molecule has 0 saturated heterocycles. The smallest absolute Gasteiger partial charge is 0.160 e. The maximum atomic E-state index is 6.35. The number of hydrogen-bond acceptors (Lipinski definition) is 3. The molecule has 0 amide bonds. The Hall–Kier alpha value is -2.89. The maximum absolute atomic E-state index is 6.35. The van der Waals surface area contributed by atoms with Crippen molar-refractivity contribution in [1.82, 2.24) is 9.88 Å². The van der Waals surface area contributed by atoms with E-state index in [1.54, 1.807) is 18.9 Å². The first kappa shape index (κ1) is 21.9. The molecule has 0 radical (unpaired) electrons. The van der Waals surface area contributed by atoms with Crippen molar-refractivity contribution in [2.45, 2.75) is 18.2 Å². The van der Waals surface area contributed by atoms with Crippen molar-refractivity contribution in [1.29, 1.82) is 0 Å². The summed E-state index contributed by atoms with van der Waals surface area (Å²) in [5, 5.41) is 3.02. The molecule has 1 aliphatic heterocycles. The summed E-state index contributed by atoms with van der Waals surface area (Å²) < 4.78 is 5.41. The van der Waals surface area contributed by atoms with Crippen LogP contribution < -0.4 is 4.74 Å². The van der Waals surface area contributed by atoms with Crippen LogP contribution in [0.3, 0.4) is 0 Å². The van der Waals surface area contributed by atoms with Gasteiger partial charge < -0.3 is 14.6 Å². The molecule has 1 atom stereocenters. The lowest BCUT2D eigenvalue weighted by Crippen LogP contribution is -2.39. The van der Waals surface area contributed by atoms with Gasteiger partial charge in [0.15, 0.2) is 5.17 Å². The number of amidine groups is 1. The maximum Gasteiger partial charge on any atom is 0.160 e. The number of ether oxygens (including phenoxy) is 1. The zero-order chi connectivity index (χ0) is 22.8. The summed E-state index contributed by atoms with van der Waals surface area (Å²) in [6.45, 7) is 0.887. The van der Waals surface area contributed by atoms with Crippen molar-refractivity contribution in [2.24, 2.45) is 4.99 Å². The van der Waals surface area contributed by atoms with Gasteiger partial charge in [-0.15, -0.1) is 0 Å². The van der Waals surface area contributed by atoms with E-state index in [4.69, 9.17) is 21.3 Å². The molecule has 33 heavy (non-hydrogen) atoms. The van der Waals surface area contributed by atoms with E-state index in [0.717, 1.165) is 40.2 Å². The van der Waals surface area contributed by atoms with E-state index in [9.17, 15) is 0 Å². The molecule has 0 saturated carbocycles. The van der Waals surface area contributed by atoms with Gasteiger partial charge >= 0.3 is 0 Å². The number of thioether (sulfide) groups is 1. The molecular weight excluding hydrogens is 450 g/mol.